The minimum Gasteiger partial charge on any atom is -0.497 e. The van der Waals surface area contributed by atoms with Gasteiger partial charge in [-0.2, -0.15) is 5.10 Å². The molecule has 1 unspecified atom stereocenters. The minimum absolute atomic E-state index is 0.168. The topological polar surface area (TPSA) is 63.9 Å². The van der Waals surface area contributed by atoms with E-state index in [9.17, 15) is 0 Å². The number of H-pyrrole nitrogens is 1. The van der Waals surface area contributed by atoms with Gasteiger partial charge in [-0.15, -0.1) is 0 Å². The predicted octanol–water partition coefficient (Wildman–Crippen LogP) is 1.47. The molecule has 3 N–H and O–H groups in total. The van der Waals surface area contributed by atoms with Crippen molar-refractivity contribution in [1.29, 1.82) is 0 Å². The Labute approximate surface area is 88.1 Å². The first-order chi connectivity index (χ1) is 7.31. The van der Waals surface area contributed by atoms with Gasteiger partial charge >= 0.3 is 0 Å². The molecule has 0 saturated carbocycles. The summed E-state index contributed by atoms with van der Waals surface area (Å²) in [6.45, 7) is 0. The smallest absolute Gasteiger partial charge is 0.118 e. The standard InChI is InChI=1S/C11H13N3O/c1-15-9-4-2-8(3-5-9)11(12)10-6-7-13-14-10/h2-7,11H,12H2,1H3,(H,13,14). The van der Waals surface area contributed by atoms with Crippen LogP contribution in [0.4, 0.5) is 0 Å². The van der Waals surface area contributed by atoms with E-state index >= 15 is 0 Å². The number of nitrogens with two attached hydrogens (primary N) is 1. The lowest BCUT2D eigenvalue weighted by atomic mass is 10.1. The van der Waals surface area contributed by atoms with Gasteiger partial charge in [-0.05, 0) is 23.8 Å². The van der Waals surface area contributed by atoms with Crippen molar-refractivity contribution >= 4 is 0 Å². The van der Waals surface area contributed by atoms with Gasteiger partial charge in [0.15, 0.2) is 0 Å². The first-order valence-corrected chi connectivity index (χ1v) is 4.70. The van der Waals surface area contributed by atoms with Gasteiger partial charge in [0, 0.05) is 6.20 Å². The maximum absolute atomic E-state index is 6.04. The Morgan fingerprint density at radius 3 is 2.53 bits per heavy atom. The Morgan fingerprint density at radius 1 is 1.27 bits per heavy atom. The molecular weight excluding hydrogens is 190 g/mol. The Bertz CT molecular complexity index is 408. The second-order valence-corrected chi connectivity index (χ2v) is 3.26. The SMILES string of the molecule is COc1ccc(C(N)c2ccn[nH]2)cc1. The van der Waals surface area contributed by atoms with E-state index in [1.165, 1.54) is 0 Å². The summed E-state index contributed by atoms with van der Waals surface area (Å²) in [7, 11) is 1.64. The summed E-state index contributed by atoms with van der Waals surface area (Å²) >= 11 is 0. The summed E-state index contributed by atoms with van der Waals surface area (Å²) in [5, 5.41) is 6.73. The quantitative estimate of drug-likeness (QED) is 0.793. The summed E-state index contributed by atoms with van der Waals surface area (Å²) in [5.41, 5.74) is 7.97. The van der Waals surface area contributed by atoms with Crippen LogP contribution in [0, 0.1) is 0 Å². The number of nitrogens with one attached hydrogen (secondary N) is 1. The van der Waals surface area contributed by atoms with Crippen molar-refractivity contribution in [1.82, 2.24) is 10.2 Å². The highest BCUT2D eigenvalue weighted by atomic mass is 16.5. The van der Waals surface area contributed by atoms with Crippen LogP contribution in [0.25, 0.3) is 0 Å². The molecular formula is C11H13N3O. The third kappa shape index (κ3) is 1.99. The molecule has 0 bridgehead atoms. The van der Waals surface area contributed by atoms with Crippen molar-refractivity contribution in [3.05, 3.63) is 47.8 Å². The molecule has 4 heteroatoms. The van der Waals surface area contributed by atoms with Gasteiger partial charge in [-0.1, -0.05) is 12.1 Å². The van der Waals surface area contributed by atoms with E-state index in [0.717, 1.165) is 17.0 Å². The molecule has 0 radical (unpaired) electrons. The molecule has 1 aromatic carbocycles. The van der Waals surface area contributed by atoms with Crippen LogP contribution in [0.1, 0.15) is 17.3 Å². The Balaban J connectivity index is 2.22. The Morgan fingerprint density at radius 2 is 2.00 bits per heavy atom. The van der Waals surface area contributed by atoms with E-state index in [-0.39, 0.29) is 6.04 Å². The maximum atomic E-state index is 6.04. The molecule has 1 heterocycles. The molecule has 15 heavy (non-hydrogen) atoms. The number of aromatic nitrogens is 2. The molecule has 0 spiro atoms. The number of hydrogen-bond acceptors (Lipinski definition) is 3. The summed E-state index contributed by atoms with van der Waals surface area (Å²) < 4.78 is 5.08. The van der Waals surface area contributed by atoms with Crippen molar-refractivity contribution in [2.24, 2.45) is 5.73 Å². The highest BCUT2D eigenvalue weighted by Gasteiger charge is 2.09. The lowest BCUT2D eigenvalue weighted by molar-refractivity contribution is 0.414. The van der Waals surface area contributed by atoms with Crippen LogP contribution in [0.5, 0.6) is 5.75 Å². The van der Waals surface area contributed by atoms with E-state index in [2.05, 4.69) is 10.2 Å². The molecule has 0 amide bonds. The summed E-state index contributed by atoms with van der Waals surface area (Å²) in [4.78, 5) is 0. The van der Waals surface area contributed by atoms with E-state index < -0.39 is 0 Å². The van der Waals surface area contributed by atoms with Gasteiger partial charge in [0.05, 0.1) is 18.8 Å². The number of rotatable bonds is 3. The Hall–Kier alpha value is -1.81. The van der Waals surface area contributed by atoms with Gasteiger partial charge < -0.3 is 10.5 Å². The number of methoxy groups -OCH3 is 1. The van der Waals surface area contributed by atoms with Gasteiger partial charge in [0.1, 0.15) is 5.75 Å². The van der Waals surface area contributed by atoms with Crippen LogP contribution in [0.3, 0.4) is 0 Å². The van der Waals surface area contributed by atoms with Gasteiger partial charge in [-0.25, -0.2) is 0 Å². The minimum atomic E-state index is -0.168. The van der Waals surface area contributed by atoms with Crippen LogP contribution in [-0.2, 0) is 0 Å². The van der Waals surface area contributed by atoms with Crippen molar-refractivity contribution in [3.63, 3.8) is 0 Å². The normalized spacial score (nSPS) is 12.4. The van der Waals surface area contributed by atoms with Crippen molar-refractivity contribution in [2.75, 3.05) is 7.11 Å². The summed E-state index contributed by atoms with van der Waals surface area (Å²) in [6, 6.07) is 9.39. The van der Waals surface area contributed by atoms with Crippen LogP contribution >= 0.6 is 0 Å². The molecule has 0 aliphatic heterocycles. The van der Waals surface area contributed by atoms with E-state index in [1.807, 2.05) is 30.3 Å². The van der Waals surface area contributed by atoms with E-state index in [1.54, 1.807) is 13.3 Å². The van der Waals surface area contributed by atoms with Crippen LogP contribution in [0.15, 0.2) is 36.5 Å². The van der Waals surface area contributed by atoms with Crippen LogP contribution < -0.4 is 10.5 Å². The monoisotopic (exact) mass is 203 g/mol. The second-order valence-electron chi connectivity index (χ2n) is 3.26. The third-order valence-electron chi connectivity index (χ3n) is 2.33. The zero-order valence-corrected chi connectivity index (χ0v) is 8.47. The third-order valence-corrected chi connectivity index (χ3v) is 2.33. The average molecular weight is 203 g/mol. The largest absolute Gasteiger partial charge is 0.497 e. The Kier molecular flexibility index (Phi) is 2.69. The molecule has 0 saturated heterocycles. The van der Waals surface area contributed by atoms with Crippen molar-refractivity contribution in [2.45, 2.75) is 6.04 Å². The molecule has 4 nitrogen and oxygen atoms in total. The number of benzene rings is 1. The van der Waals surface area contributed by atoms with Crippen LogP contribution in [0.2, 0.25) is 0 Å². The number of aromatic amines is 1. The molecule has 0 aliphatic carbocycles. The molecule has 0 fully saturated rings. The van der Waals surface area contributed by atoms with E-state index in [0.29, 0.717) is 0 Å². The lowest BCUT2D eigenvalue weighted by Crippen LogP contribution is -2.12. The fourth-order valence-electron chi connectivity index (χ4n) is 1.43. The van der Waals surface area contributed by atoms with Crippen molar-refractivity contribution in [3.8, 4) is 5.75 Å². The number of hydrogen-bond donors (Lipinski definition) is 2. The second kappa shape index (κ2) is 4.14. The zero-order valence-electron chi connectivity index (χ0n) is 8.47. The van der Waals surface area contributed by atoms with Gasteiger partial charge in [0.25, 0.3) is 0 Å². The van der Waals surface area contributed by atoms with E-state index in [4.69, 9.17) is 10.5 Å². The average Bonchev–Trinajstić information content (AvgIpc) is 2.82. The summed E-state index contributed by atoms with van der Waals surface area (Å²) in [6.07, 6.45) is 1.69. The molecule has 1 aromatic heterocycles. The number of ether oxygens (including phenoxy) is 1. The predicted molar refractivity (Wildman–Crippen MR) is 57.6 cm³/mol. The molecule has 0 aliphatic rings. The van der Waals surface area contributed by atoms with Crippen LogP contribution in [-0.4, -0.2) is 17.3 Å². The van der Waals surface area contributed by atoms with Gasteiger partial charge in [0.2, 0.25) is 0 Å². The first kappa shape index (κ1) is 9.73. The molecule has 78 valence electrons. The fourth-order valence-corrected chi connectivity index (χ4v) is 1.43. The van der Waals surface area contributed by atoms with Crippen molar-refractivity contribution < 1.29 is 4.74 Å². The first-order valence-electron chi connectivity index (χ1n) is 4.70. The molecule has 1 atom stereocenters. The lowest BCUT2D eigenvalue weighted by Gasteiger charge is -2.10. The molecule has 2 rings (SSSR count). The van der Waals surface area contributed by atoms with Gasteiger partial charge in [-0.3, -0.25) is 5.10 Å². The fraction of sp³-hybridized carbons (Fsp3) is 0.182. The maximum Gasteiger partial charge on any atom is 0.118 e. The highest BCUT2D eigenvalue weighted by molar-refractivity contribution is 5.32. The summed E-state index contributed by atoms with van der Waals surface area (Å²) in [5.74, 6) is 0.829. The zero-order chi connectivity index (χ0) is 10.7. The number of nitrogens with zero attached hydrogens (tertiary/aromatic N) is 1. The highest BCUT2D eigenvalue weighted by Crippen LogP contribution is 2.19. The molecule has 2 aromatic rings.